The molecule has 1 aromatic heterocycles. The molecule has 2 heterocycles. The Morgan fingerprint density at radius 2 is 2.36 bits per heavy atom. The Labute approximate surface area is 89.5 Å². The molecule has 1 nitrogen and oxygen atoms in total. The SMILES string of the molecule is CC1CC1C1(C)NCCc2ccsc21. The summed E-state index contributed by atoms with van der Waals surface area (Å²) in [5, 5.41) is 5.99. The van der Waals surface area contributed by atoms with Crippen molar-refractivity contribution in [1.29, 1.82) is 0 Å². The highest BCUT2D eigenvalue weighted by Crippen LogP contribution is 2.53. The van der Waals surface area contributed by atoms with Crippen LogP contribution in [0.15, 0.2) is 11.4 Å². The van der Waals surface area contributed by atoms with Crippen molar-refractivity contribution in [2.24, 2.45) is 11.8 Å². The van der Waals surface area contributed by atoms with Gasteiger partial charge in [0.2, 0.25) is 0 Å². The maximum absolute atomic E-state index is 3.74. The molecular weight excluding hydrogens is 190 g/mol. The lowest BCUT2D eigenvalue weighted by Gasteiger charge is -2.35. The van der Waals surface area contributed by atoms with E-state index in [0.29, 0.717) is 5.54 Å². The predicted molar refractivity (Wildman–Crippen MR) is 60.6 cm³/mol. The molecule has 0 bridgehead atoms. The molecule has 3 rings (SSSR count). The second-order valence-electron chi connectivity index (χ2n) is 4.97. The zero-order chi connectivity index (χ0) is 9.76. The first kappa shape index (κ1) is 8.93. The van der Waals surface area contributed by atoms with Crippen LogP contribution in [0.3, 0.4) is 0 Å². The van der Waals surface area contributed by atoms with Crippen LogP contribution in [0.2, 0.25) is 0 Å². The number of hydrogen-bond donors (Lipinski definition) is 1. The van der Waals surface area contributed by atoms with Crippen LogP contribution in [0.5, 0.6) is 0 Å². The highest BCUT2D eigenvalue weighted by atomic mass is 32.1. The van der Waals surface area contributed by atoms with Crippen molar-refractivity contribution in [3.8, 4) is 0 Å². The Morgan fingerprint density at radius 1 is 1.57 bits per heavy atom. The number of thiophene rings is 1. The molecule has 1 fully saturated rings. The maximum Gasteiger partial charge on any atom is 0.0534 e. The normalized spacial score (nSPS) is 40.7. The third-order valence-corrected chi connectivity index (χ3v) is 5.15. The molecule has 76 valence electrons. The Bertz CT molecular complexity index is 357. The van der Waals surface area contributed by atoms with Crippen molar-refractivity contribution in [1.82, 2.24) is 5.32 Å². The molecule has 2 aliphatic rings. The fourth-order valence-corrected chi connectivity index (χ4v) is 4.11. The van der Waals surface area contributed by atoms with Gasteiger partial charge >= 0.3 is 0 Å². The second-order valence-corrected chi connectivity index (χ2v) is 5.89. The van der Waals surface area contributed by atoms with E-state index in [1.165, 1.54) is 12.8 Å². The molecule has 2 heteroatoms. The van der Waals surface area contributed by atoms with Gasteiger partial charge in [0.25, 0.3) is 0 Å². The van der Waals surface area contributed by atoms with Crippen LogP contribution in [0.25, 0.3) is 0 Å². The Balaban J connectivity index is 2.02. The monoisotopic (exact) mass is 207 g/mol. The second kappa shape index (κ2) is 2.83. The first-order chi connectivity index (χ1) is 6.72. The quantitative estimate of drug-likeness (QED) is 0.746. The summed E-state index contributed by atoms with van der Waals surface area (Å²) in [6.45, 7) is 5.93. The van der Waals surface area contributed by atoms with Crippen LogP contribution < -0.4 is 5.32 Å². The van der Waals surface area contributed by atoms with Crippen LogP contribution >= 0.6 is 11.3 Å². The molecular formula is C12H17NS. The lowest BCUT2D eigenvalue weighted by Crippen LogP contribution is -2.46. The summed E-state index contributed by atoms with van der Waals surface area (Å²) < 4.78 is 0. The lowest BCUT2D eigenvalue weighted by molar-refractivity contribution is 0.298. The fraction of sp³-hybridized carbons (Fsp3) is 0.667. The summed E-state index contributed by atoms with van der Waals surface area (Å²) in [5.41, 5.74) is 1.89. The summed E-state index contributed by atoms with van der Waals surface area (Å²) in [5.74, 6) is 1.79. The molecule has 3 unspecified atom stereocenters. The molecule has 1 saturated carbocycles. The van der Waals surface area contributed by atoms with E-state index in [-0.39, 0.29) is 0 Å². The van der Waals surface area contributed by atoms with E-state index in [2.05, 4.69) is 30.6 Å². The predicted octanol–water partition coefficient (Wildman–Crippen LogP) is 2.77. The van der Waals surface area contributed by atoms with E-state index in [4.69, 9.17) is 0 Å². The fourth-order valence-electron chi connectivity index (χ4n) is 2.95. The third-order valence-electron chi connectivity index (χ3n) is 3.96. The van der Waals surface area contributed by atoms with Gasteiger partial charge in [-0.05, 0) is 48.6 Å². The molecule has 1 aliphatic carbocycles. The van der Waals surface area contributed by atoms with Crippen molar-refractivity contribution >= 4 is 11.3 Å². The third kappa shape index (κ3) is 1.10. The maximum atomic E-state index is 3.74. The molecule has 0 spiro atoms. The van der Waals surface area contributed by atoms with Gasteiger partial charge in [0.05, 0.1) is 5.54 Å². The van der Waals surface area contributed by atoms with Gasteiger partial charge in [0.1, 0.15) is 0 Å². The molecule has 0 amide bonds. The zero-order valence-electron chi connectivity index (χ0n) is 8.84. The smallest absolute Gasteiger partial charge is 0.0534 e. The number of nitrogens with one attached hydrogen (secondary N) is 1. The summed E-state index contributed by atoms with van der Waals surface area (Å²) >= 11 is 1.94. The van der Waals surface area contributed by atoms with Gasteiger partial charge in [-0.15, -0.1) is 11.3 Å². The van der Waals surface area contributed by atoms with Gasteiger partial charge in [-0.25, -0.2) is 0 Å². The highest BCUT2D eigenvalue weighted by molar-refractivity contribution is 7.10. The number of hydrogen-bond acceptors (Lipinski definition) is 2. The van der Waals surface area contributed by atoms with E-state index in [0.717, 1.165) is 18.4 Å². The van der Waals surface area contributed by atoms with Gasteiger partial charge in [-0.3, -0.25) is 0 Å². The van der Waals surface area contributed by atoms with E-state index >= 15 is 0 Å². The minimum absolute atomic E-state index is 0.293. The van der Waals surface area contributed by atoms with Gasteiger partial charge in [-0.1, -0.05) is 6.92 Å². The molecule has 0 radical (unpaired) electrons. The Kier molecular flexibility index (Phi) is 1.80. The standard InChI is InChI=1S/C12H17NS/c1-8-7-10(8)12(2)11-9(3-5-13-12)4-6-14-11/h4,6,8,10,13H,3,5,7H2,1-2H3. The minimum Gasteiger partial charge on any atom is -0.306 e. The number of fused-ring (bicyclic) bond motifs is 1. The minimum atomic E-state index is 0.293. The Hall–Kier alpha value is -0.340. The summed E-state index contributed by atoms with van der Waals surface area (Å²) in [7, 11) is 0. The first-order valence-corrected chi connectivity index (χ1v) is 6.41. The molecule has 1 aliphatic heterocycles. The van der Waals surface area contributed by atoms with Crippen LogP contribution in [-0.2, 0) is 12.0 Å². The molecule has 1 aromatic rings. The highest BCUT2D eigenvalue weighted by Gasteiger charge is 2.50. The van der Waals surface area contributed by atoms with Crippen LogP contribution in [0.1, 0.15) is 30.7 Å². The Morgan fingerprint density at radius 3 is 3.07 bits per heavy atom. The first-order valence-electron chi connectivity index (χ1n) is 5.53. The average molecular weight is 207 g/mol. The zero-order valence-corrected chi connectivity index (χ0v) is 9.66. The summed E-state index contributed by atoms with van der Waals surface area (Å²) in [6, 6.07) is 2.31. The van der Waals surface area contributed by atoms with Gasteiger partial charge in [0.15, 0.2) is 0 Å². The topological polar surface area (TPSA) is 12.0 Å². The molecule has 0 saturated heterocycles. The average Bonchev–Trinajstić information content (AvgIpc) is 2.73. The van der Waals surface area contributed by atoms with Crippen LogP contribution in [0.4, 0.5) is 0 Å². The van der Waals surface area contributed by atoms with Gasteiger partial charge < -0.3 is 5.32 Å². The number of rotatable bonds is 1. The van der Waals surface area contributed by atoms with Gasteiger partial charge in [-0.2, -0.15) is 0 Å². The van der Waals surface area contributed by atoms with Crippen molar-refractivity contribution in [2.75, 3.05) is 6.54 Å². The largest absolute Gasteiger partial charge is 0.306 e. The molecule has 3 atom stereocenters. The van der Waals surface area contributed by atoms with Crippen molar-refractivity contribution in [2.45, 2.75) is 32.2 Å². The molecule has 0 aromatic carbocycles. The van der Waals surface area contributed by atoms with Crippen molar-refractivity contribution < 1.29 is 0 Å². The van der Waals surface area contributed by atoms with E-state index < -0.39 is 0 Å². The van der Waals surface area contributed by atoms with Crippen LogP contribution in [0, 0.1) is 11.8 Å². The van der Waals surface area contributed by atoms with Crippen molar-refractivity contribution in [3.63, 3.8) is 0 Å². The van der Waals surface area contributed by atoms with Crippen molar-refractivity contribution in [3.05, 3.63) is 21.9 Å². The molecule has 1 N–H and O–H groups in total. The van der Waals surface area contributed by atoms with E-state index in [1.807, 2.05) is 11.3 Å². The van der Waals surface area contributed by atoms with E-state index in [1.54, 1.807) is 10.4 Å². The van der Waals surface area contributed by atoms with Crippen LogP contribution in [-0.4, -0.2) is 6.54 Å². The van der Waals surface area contributed by atoms with E-state index in [9.17, 15) is 0 Å². The molecule has 14 heavy (non-hydrogen) atoms. The summed E-state index contributed by atoms with van der Waals surface area (Å²) in [6.07, 6.45) is 2.62. The van der Waals surface area contributed by atoms with Gasteiger partial charge in [0, 0.05) is 11.4 Å². The lowest BCUT2D eigenvalue weighted by atomic mass is 9.86. The summed E-state index contributed by atoms with van der Waals surface area (Å²) in [4.78, 5) is 1.61.